The van der Waals surface area contributed by atoms with E-state index in [2.05, 4.69) is 41.8 Å². The molecule has 3 aliphatic heterocycles. The van der Waals surface area contributed by atoms with Gasteiger partial charge in [-0.05, 0) is 30.7 Å². The summed E-state index contributed by atoms with van der Waals surface area (Å²) in [6.45, 7) is 1.97. The Morgan fingerprint density at radius 2 is 2.04 bits per heavy atom. The van der Waals surface area contributed by atoms with Crippen LogP contribution in [0.15, 0.2) is 36.7 Å². The summed E-state index contributed by atoms with van der Waals surface area (Å²) in [6.07, 6.45) is 4.91. The Balaban J connectivity index is 1.38. The van der Waals surface area contributed by atoms with Crippen LogP contribution in [0.3, 0.4) is 0 Å². The summed E-state index contributed by atoms with van der Waals surface area (Å²) in [5.41, 5.74) is 2.02. The first-order valence-electron chi connectivity index (χ1n) is 7.88. The lowest BCUT2D eigenvalue weighted by molar-refractivity contribution is 0.224. The quantitative estimate of drug-likeness (QED) is 0.682. The van der Waals surface area contributed by atoms with Crippen LogP contribution in [-0.2, 0) is 0 Å². The molecule has 0 spiro atoms. The lowest BCUT2D eigenvalue weighted by Crippen LogP contribution is -2.67. The van der Waals surface area contributed by atoms with E-state index in [1.54, 1.807) is 0 Å². The number of benzene rings is 1. The van der Waals surface area contributed by atoms with Crippen molar-refractivity contribution in [3.63, 3.8) is 0 Å². The normalized spacial score (nSPS) is 22.9. The maximum absolute atomic E-state index is 4.67. The number of aromatic nitrogens is 4. The van der Waals surface area contributed by atoms with Gasteiger partial charge in [0, 0.05) is 42.4 Å². The van der Waals surface area contributed by atoms with Crippen LogP contribution in [0.2, 0.25) is 0 Å². The summed E-state index contributed by atoms with van der Waals surface area (Å²) < 4.78 is 0. The molecule has 3 saturated heterocycles. The van der Waals surface area contributed by atoms with Gasteiger partial charge in [0.15, 0.2) is 0 Å². The van der Waals surface area contributed by atoms with Gasteiger partial charge >= 0.3 is 0 Å². The van der Waals surface area contributed by atoms with Crippen molar-refractivity contribution >= 4 is 28.4 Å². The minimum absolute atomic E-state index is 0.595. The molecule has 2 atom stereocenters. The van der Waals surface area contributed by atoms with Crippen LogP contribution in [0.5, 0.6) is 0 Å². The summed E-state index contributed by atoms with van der Waals surface area (Å²) in [5.74, 6) is 1.61. The van der Waals surface area contributed by atoms with Crippen molar-refractivity contribution in [2.24, 2.45) is 0 Å². The van der Waals surface area contributed by atoms with E-state index >= 15 is 0 Å². The number of H-pyrrole nitrogens is 1. The van der Waals surface area contributed by atoms with E-state index in [0.29, 0.717) is 12.1 Å². The van der Waals surface area contributed by atoms with Crippen LogP contribution in [0, 0.1) is 0 Å². The third-order valence-corrected chi connectivity index (χ3v) is 4.56. The predicted octanol–water partition coefficient (Wildman–Crippen LogP) is 1.65. The molecule has 0 amide bonds. The van der Waals surface area contributed by atoms with E-state index in [0.717, 1.165) is 41.4 Å². The Labute approximate surface area is 133 Å². The van der Waals surface area contributed by atoms with E-state index in [9.17, 15) is 0 Å². The molecule has 1 aromatic carbocycles. The predicted molar refractivity (Wildman–Crippen MR) is 89.0 cm³/mol. The van der Waals surface area contributed by atoms with Gasteiger partial charge in [0.1, 0.15) is 5.82 Å². The largest absolute Gasteiger partial charge is 0.340 e. The molecule has 2 bridgehead atoms. The molecule has 3 aliphatic rings. The summed E-state index contributed by atoms with van der Waals surface area (Å²) in [7, 11) is 0. The highest BCUT2D eigenvalue weighted by Crippen LogP contribution is 2.25. The van der Waals surface area contributed by atoms with E-state index in [1.807, 2.05) is 30.6 Å². The fourth-order valence-corrected chi connectivity index (χ4v) is 3.42. The molecule has 3 N–H and O–H groups in total. The molecule has 7 heteroatoms. The molecule has 0 aliphatic carbocycles. The van der Waals surface area contributed by atoms with Crippen LogP contribution < -0.4 is 15.5 Å². The van der Waals surface area contributed by atoms with E-state index in [4.69, 9.17) is 0 Å². The average molecular weight is 307 g/mol. The van der Waals surface area contributed by atoms with Gasteiger partial charge in [-0.1, -0.05) is 0 Å². The number of nitrogens with one attached hydrogen (secondary N) is 3. The zero-order valence-corrected chi connectivity index (χ0v) is 12.5. The number of hydrogen-bond donors (Lipinski definition) is 3. The number of piperazine rings is 1. The number of anilines is 3. The van der Waals surface area contributed by atoms with Crippen LogP contribution in [0.4, 0.5) is 17.5 Å². The molecule has 0 saturated carbocycles. The molecule has 116 valence electrons. The van der Waals surface area contributed by atoms with Crippen LogP contribution in [0.1, 0.15) is 6.42 Å². The molecule has 7 nitrogen and oxygen atoms in total. The highest BCUT2D eigenvalue weighted by Gasteiger charge is 2.37. The summed E-state index contributed by atoms with van der Waals surface area (Å²) in [6, 6.07) is 9.17. The Morgan fingerprint density at radius 1 is 1.17 bits per heavy atom. The second kappa shape index (κ2) is 4.92. The Morgan fingerprint density at radius 3 is 2.91 bits per heavy atom. The first-order valence-corrected chi connectivity index (χ1v) is 7.88. The van der Waals surface area contributed by atoms with Crippen LogP contribution >= 0.6 is 0 Å². The molecule has 23 heavy (non-hydrogen) atoms. The van der Waals surface area contributed by atoms with Crippen LogP contribution in [-0.4, -0.2) is 45.3 Å². The second-order valence-corrected chi connectivity index (χ2v) is 6.24. The van der Waals surface area contributed by atoms with Crippen molar-refractivity contribution in [1.29, 1.82) is 0 Å². The summed E-state index contributed by atoms with van der Waals surface area (Å²) in [4.78, 5) is 11.4. The number of hydrogen-bond acceptors (Lipinski definition) is 6. The number of nitrogens with zero attached hydrogens (tertiary/aromatic N) is 4. The zero-order valence-electron chi connectivity index (χ0n) is 12.5. The third kappa shape index (κ3) is 2.29. The maximum Gasteiger partial charge on any atom is 0.227 e. The van der Waals surface area contributed by atoms with Crippen molar-refractivity contribution in [3.05, 3.63) is 36.7 Å². The molecule has 5 heterocycles. The van der Waals surface area contributed by atoms with Crippen molar-refractivity contribution in [1.82, 2.24) is 25.5 Å². The summed E-state index contributed by atoms with van der Waals surface area (Å²) >= 11 is 0. The monoisotopic (exact) mass is 307 g/mol. The van der Waals surface area contributed by atoms with E-state index in [-0.39, 0.29) is 0 Å². The van der Waals surface area contributed by atoms with Gasteiger partial charge in [-0.3, -0.25) is 5.10 Å². The third-order valence-electron chi connectivity index (χ3n) is 4.56. The maximum atomic E-state index is 4.67. The lowest BCUT2D eigenvalue weighted by Gasteiger charge is -2.48. The van der Waals surface area contributed by atoms with Crippen molar-refractivity contribution < 1.29 is 0 Å². The van der Waals surface area contributed by atoms with Crippen LogP contribution in [0.25, 0.3) is 10.9 Å². The molecule has 3 aromatic rings. The highest BCUT2D eigenvalue weighted by atomic mass is 15.3. The van der Waals surface area contributed by atoms with Gasteiger partial charge in [0.2, 0.25) is 5.95 Å². The van der Waals surface area contributed by atoms with Gasteiger partial charge in [0.05, 0.1) is 11.7 Å². The second-order valence-electron chi connectivity index (χ2n) is 6.24. The average Bonchev–Trinajstić information content (AvgIpc) is 3.02. The SMILES string of the molecule is c1cc(Nc2ccc3[nH]ncc3c2)nc(N2CC3CC(C2)N3)n1. The minimum Gasteiger partial charge on any atom is -0.340 e. The number of fused-ring (bicyclic) bond motifs is 3. The molecule has 2 aromatic heterocycles. The van der Waals surface area contributed by atoms with Crippen molar-refractivity contribution in [2.75, 3.05) is 23.3 Å². The van der Waals surface area contributed by atoms with Gasteiger partial charge in [0.25, 0.3) is 0 Å². The number of aromatic amines is 1. The lowest BCUT2D eigenvalue weighted by atomic mass is 9.92. The molecular formula is C16H17N7. The Hall–Kier alpha value is -2.67. The fourth-order valence-electron chi connectivity index (χ4n) is 3.42. The number of rotatable bonds is 3. The fraction of sp³-hybridized carbons (Fsp3) is 0.312. The molecule has 3 fully saturated rings. The Bertz CT molecular complexity index is 842. The standard InChI is InChI=1S/C16H17N7/c1-2-14-10(7-18-22-14)5-11(1)20-15-3-4-17-16(21-15)23-8-12-6-13(9-23)19-12/h1-5,7,12-13,19H,6,8-9H2,(H,18,22)(H,17,20,21). The Kier molecular flexibility index (Phi) is 2.75. The van der Waals surface area contributed by atoms with E-state index in [1.165, 1.54) is 6.42 Å². The molecule has 0 radical (unpaired) electrons. The van der Waals surface area contributed by atoms with Gasteiger partial charge in [-0.25, -0.2) is 4.98 Å². The minimum atomic E-state index is 0.595. The molecule has 2 unspecified atom stereocenters. The van der Waals surface area contributed by atoms with Crippen molar-refractivity contribution in [2.45, 2.75) is 18.5 Å². The van der Waals surface area contributed by atoms with Gasteiger partial charge < -0.3 is 15.5 Å². The first-order chi connectivity index (χ1) is 11.3. The highest BCUT2D eigenvalue weighted by molar-refractivity contribution is 5.82. The summed E-state index contributed by atoms with van der Waals surface area (Å²) in [5, 5.41) is 15.0. The smallest absolute Gasteiger partial charge is 0.227 e. The number of piperidine rings is 1. The van der Waals surface area contributed by atoms with Crippen molar-refractivity contribution in [3.8, 4) is 0 Å². The molecular weight excluding hydrogens is 290 g/mol. The zero-order chi connectivity index (χ0) is 15.2. The van der Waals surface area contributed by atoms with E-state index < -0.39 is 0 Å². The first kappa shape index (κ1) is 12.8. The topological polar surface area (TPSA) is 81.8 Å². The molecule has 6 rings (SSSR count). The van der Waals surface area contributed by atoms with Gasteiger partial charge in [-0.15, -0.1) is 0 Å². The van der Waals surface area contributed by atoms with Gasteiger partial charge in [-0.2, -0.15) is 10.1 Å².